The molecule has 1 aliphatic carbocycles. The second-order valence-electron chi connectivity index (χ2n) is 7.16. The Kier molecular flexibility index (Phi) is 4.52. The van der Waals surface area contributed by atoms with Crippen molar-refractivity contribution >= 4 is 27.5 Å². The van der Waals surface area contributed by atoms with E-state index in [0.29, 0.717) is 17.4 Å². The summed E-state index contributed by atoms with van der Waals surface area (Å²) in [5.74, 6) is 1.36. The Morgan fingerprint density at radius 2 is 2.10 bits per heavy atom. The minimum atomic E-state index is -0.220. The molecule has 0 aliphatic heterocycles. The van der Waals surface area contributed by atoms with E-state index in [1.54, 1.807) is 17.4 Å². The number of ether oxygens (including phenoxy) is 1. The highest BCUT2D eigenvalue weighted by Gasteiger charge is 2.39. The first-order valence-electron chi connectivity index (χ1n) is 9.47. The van der Waals surface area contributed by atoms with Gasteiger partial charge in [0, 0.05) is 24.1 Å². The quantitative estimate of drug-likeness (QED) is 0.513. The zero-order valence-electron chi connectivity index (χ0n) is 15.8. The number of nitrogens with zero attached hydrogens (tertiary/aromatic N) is 2. The molecule has 0 unspecified atom stereocenters. The monoisotopic (exact) mass is 405 g/mol. The van der Waals surface area contributed by atoms with Crippen LogP contribution in [0.1, 0.15) is 39.2 Å². The molecule has 1 N–H and O–H groups in total. The zero-order valence-corrected chi connectivity index (χ0v) is 16.6. The number of hydrogen-bond acceptors (Lipinski definition) is 6. The van der Waals surface area contributed by atoms with Gasteiger partial charge in [-0.2, -0.15) is 0 Å². The van der Waals surface area contributed by atoms with E-state index in [-0.39, 0.29) is 24.2 Å². The summed E-state index contributed by atoms with van der Waals surface area (Å²) in [5, 5.41) is 7.92. The van der Waals surface area contributed by atoms with Gasteiger partial charge < -0.3 is 14.6 Å². The van der Waals surface area contributed by atoms with Crippen molar-refractivity contribution in [3.8, 4) is 5.75 Å². The van der Waals surface area contributed by atoms with Crippen molar-refractivity contribution in [3.63, 3.8) is 0 Å². The normalized spacial score (nSPS) is 18.0. The SMILES string of the molecule is Cc1nc2cc(OCc3cc(C(=O)N[C@@H]4C[C@H]4c4ccccc4)no3)ccc2s1. The van der Waals surface area contributed by atoms with E-state index in [4.69, 9.17) is 9.26 Å². The second kappa shape index (κ2) is 7.33. The summed E-state index contributed by atoms with van der Waals surface area (Å²) in [6, 6.07) is 17.8. The number of amides is 1. The molecule has 0 saturated heterocycles. The van der Waals surface area contributed by atoms with Crippen LogP contribution in [0.15, 0.2) is 59.1 Å². The van der Waals surface area contributed by atoms with Crippen molar-refractivity contribution in [2.45, 2.75) is 31.9 Å². The van der Waals surface area contributed by atoms with Crippen LogP contribution in [-0.2, 0) is 6.61 Å². The van der Waals surface area contributed by atoms with Crippen LogP contribution < -0.4 is 10.1 Å². The standard InChI is InChI=1S/C22H19N3O3S/c1-13-23-19-9-15(7-8-21(19)29-13)27-12-16-10-20(25-28-16)22(26)24-18-11-17(18)14-5-3-2-4-6-14/h2-10,17-18H,11-12H2,1H3,(H,24,26)/t17-,18+/m0/s1. The van der Waals surface area contributed by atoms with Gasteiger partial charge in [0.1, 0.15) is 12.4 Å². The number of rotatable bonds is 6. The molecule has 2 heterocycles. The largest absolute Gasteiger partial charge is 0.485 e. The van der Waals surface area contributed by atoms with E-state index < -0.39 is 0 Å². The van der Waals surface area contributed by atoms with Crippen LogP contribution in [-0.4, -0.2) is 22.1 Å². The van der Waals surface area contributed by atoms with Crippen LogP contribution in [0.2, 0.25) is 0 Å². The molecule has 0 radical (unpaired) electrons. The first kappa shape index (κ1) is 17.9. The first-order valence-corrected chi connectivity index (χ1v) is 10.3. The number of hydrogen-bond donors (Lipinski definition) is 1. The summed E-state index contributed by atoms with van der Waals surface area (Å²) >= 11 is 1.65. The van der Waals surface area contributed by atoms with Gasteiger partial charge >= 0.3 is 0 Å². The molecule has 1 saturated carbocycles. The lowest BCUT2D eigenvalue weighted by molar-refractivity contribution is 0.0941. The smallest absolute Gasteiger partial charge is 0.273 e. The molecule has 1 fully saturated rings. The van der Waals surface area contributed by atoms with Crippen molar-refractivity contribution in [1.29, 1.82) is 0 Å². The minimum absolute atomic E-state index is 0.148. The number of nitrogens with one attached hydrogen (secondary N) is 1. The Morgan fingerprint density at radius 1 is 1.24 bits per heavy atom. The third-order valence-electron chi connectivity index (χ3n) is 4.97. The van der Waals surface area contributed by atoms with Crippen molar-refractivity contribution < 1.29 is 14.1 Å². The van der Waals surface area contributed by atoms with Crippen molar-refractivity contribution in [3.05, 3.63) is 76.6 Å². The molecule has 2 aromatic heterocycles. The fourth-order valence-corrected chi connectivity index (χ4v) is 4.23. The van der Waals surface area contributed by atoms with Gasteiger partial charge in [-0.15, -0.1) is 11.3 Å². The Labute approximate surface area is 171 Å². The van der Waals surface area contributed by atoms with Gasteiger partial charge in [-0.05, 0) is 31.0 Å². The number of carbonyl (C=O) groups is 1. The molecule has 29 heavy (non-hydrogen) atoms. The Balaban J connectivity index is 1.17. The number of aryl methyl sites for hydroxylation is 1. The fraction of sp³-hybridized carbons (Fsp3) is 0.227. The van der Waals surface area contributed by atoms with Crippen LogP contribution >= 0.6 is 11.3 Å². The Morgan fingerprint density at radius 3 is 2.97 bits per heavy atom. The van der Waals surface area contributed by atoms with Gasteiger partial charge in [0.25, 0.3) is 5.91 Å². The highest BCUT2D eigenvalue weighted by molar-refractivity contribution is 7.18. The lowest BCUT2D eigenvalue weighted by Gasteiger charge is -2.03. The predicted molar refractivity (Wildman–Crippen MR) is 110 cm³/mol. The van der Waals surface area contributed by atoms with Gasteiger partial charge in [0.05, 0.1) is 15.2 Å². The molecular weight excluding hydrogens is 386 g/mol. The average molecular weight is 405 g/mol. The molecule has 4 aromatic rings. The van der Waals surface area contributed by atoms with Gasteiger partial charge in [-0.3, -0.25) is 4.79 Å². The van der Waals surface area contributed by atoms with Crippen molar-refractivity contribution in [1.82, 2.24) is 15.5 Å². The lowest BCUT2D eigenvalue weighted by atomic mass is 10.1. The van der Waals surface area contributed by atoms with E-state index in [9.17, 15) is 4.79 Å². The van der Waals surface area contributed by atoms with Crippen LogP contribution in [0.25, 0.3) is 10.2 Å². The summed E-state index contributed by atoms with van der Waals surface area (Å²) in [7, 11) is 0. The summed E-state index contributed by atoms with van der Waals surface area (Å²) in [4.78, 5) is 16.9. The summed E-state index contributed by atoms with van der Waals surface area (Å²) < 4.78 is 12.2. The van der Waals surface area contributed by atoms with Crippen molar-refractivity contribution in [2.24, 2.45) is 0 Å². The van der Waals surface area contributed by atoms with E-state index in [1.807, 2.05) is 43.3 Å². The van der Waals surface area contributed by atoms with E-state index in [0.717, 1.165) is 21.6 Å². The van der Waals surface area contributed by atoms with Gasteiger partial charge in [-0.25, -0.2) is 4.98 Å². The topological polar surface area (TPSA) is 77.2 Å². The molecule has 1 amide bonds. The minimum Gasteiger partial charge on any atom is -0.485 e. The molecule has 6 nitrogen and oxygen atoms in total. The molecule has 0 bridgehead atoms. The number of benzene rings is 2. The number of aromatic nitrogens is 2. The summed E-state index contributed by atoms with van der Waals surface area (Å²) in [6.45, 7) is 2.18. The number of carbonyl (C=O) groups excluding carboxylic acids is 1. The zero-order chi connectivity index (χ0) is 19.8. The average Bonchev–Trinajstić information content (AvgIpc) is 3.15. The van der Waals surface area contributed by atoms with Crippen LogP contribution in [0, 0.1) is 6.92 Å². The highest BCUT2D eigenvalue weighted by atomic mass is 32.1. The highest BCUT2D eigenvalue weighted by Crippen LogP contribution is 2.40. The Bertz CT molecular complexity index is 1170. The third-order valence-corrected chi connectivity index (χ3v) is 5.93. The van der Waals surface area contributed by atoms with Gasteiger partial charge in [-0.1, -0.05) is 35.5 Å². The maximum Gasteiger partial charge on any atom is 0.273 e. The molecule has 7 heteroatoms. The van der Waals surface area contributed by atoms with Gasteiger partial charge in [0.15, 0.2) is 11.5 Å². The Hall–Kier alpha value is -3.19. The maximum atomic E-state index is 12.4. The molecule has 146 valence electrons. The molecule has 5 rings (SSSR count). The lowest BCUT2D eigenvalue weighted by Crippen LogP contribution is -2.26. The fourth-order valence-electron chi connectivity index (χ4n) is 3.42. The maximum absolute atomic E-state index is 12.4. The third kappa shape index (κ3) is 3.86. The number of thiazole rings is 1. The molecule has 0 spiro atoms. The van der Waals surface area contributed by atoms with E-state index in [1.165, 1.54) is 5.56 Å². The van der Waals surface area contributed by atoms with E-state index in [2.05, 4.69) is 27.6 Å². The molecule has 1 aliphatic rings. The van der Waals surface area contributed by atoms with E-state index >= 15 is 0 Å². The van der Waals surface area contributed by atoms with Crippen LogP contribution in [0.3, 0.4) is 0 Å². The first-order chi connectivity index (χ1) is 14.2. The number of fused-ring (bicyclic) bond motifs is 1. The van der Waals surface area contributed by atoms with Crippen LogP contribution in [0.4, 0.5) is 0 Å². The predicted octanol–water partition coefficient (Wildman–Crippen LogP) is 4.46. The van der Waals surface area contributed by atoms with Gasteiger partial charge in [0.2, 0.25) is 0 Å². The molecule has 2 atom stereocenters. The summed E-state index contributed by atoms with van der Waals surface area (Å²) in [5.41, 5.74) is 2.44. The van der Waals surface area contributed by atoms with Crippen molar-refractivity contribution in [2.75, 3.05) is 0 Å². The van der Waals surface area contributed by atoms with Crippen LogP contribution in [0.5, 0.6) is 5.75 Å². The summed E-state index contributed by atoms with van der Waals surface area (Å²) in [6.07, 6.45) is 0.947. The molecule has 2 aromatic carbocycles. The molecular formula is C22H19N3O3S. The second-order valence-corrected chi connectivity index (χ2v) is 8.40.